The highest BCUT2D eigenvalue weighted by molar-refractivity contribution is 5.36. The highest BCUT2D eigenvalue weighted by atomic mass is 19.1. The molecule has 1 fully saturated rings. The summed E-state index contributed by atoms with van der Waals surface area (Å²) in [6, 6.07) is 2.23. The van der Waals surface area contributed by atoms with Gasteiger partial charge in [0.15, 0.2) is 11.6 Å². The van der Waals surface area contributed by atoms with Gasteiger partial charge in [-0.3, -0.25) is 0 Å². The summed E-state index contributed by atoms with van der Waals surface area (Å²) >= 11 is 0. The first-order chi connectivity index (χ1) is 8.85. The van der Waals surface area contributed by atoms with Gasteiger partial charge in [0.25, 0.3) is 0 Å². The van der Waals surface area contributed by atoms with Gasteiger partial charge in [0, 0.05) is 18.1 Å². The van der Waals surface area contributed by atoms with Crippen LogP contribution >= 0.6 is 0 Å². The molecule has 1 atom stereocenters. The maximum absolute atomic E-state index is 13.9. The minimum atomic E-state index is -0.633. The van der Waals surface area contributed by atoms with Crippen LogP contribution in [0.15, 0.2) is 12.1 Å². The zero-order chi connectivity index (χ0) is 14.0. The number of ether oxygens (including phenoxy) is 2. The van der Waals surface area contributed by atoms with Crippen LogP contribution in [0.5, 0.6) is 5.75 Å². The number of hydrogen-bond donors (Lipinski definition) is 0. The maximum atomic E-state index is 13.9. The summed E-state index contributed by atoms with van der Waals surface area (Å²) in [5.74, 6) is -1.02. The highest BCUT2D eigenvalue weighted by Gasteiger charge is 2.23. The Morgan fingerprint density at radius 2 is 2.05 bits per heavy atom. The predicted molar refractivity (Wildman–Crippen MR) is 69.4 cm³/mol. The molecule has 0 aromatic heterocycles. The van der Waals surface area contributed by atoms with Crippen molar-refractivity contribution in [1.29, 1.82) is 0 Å². The molecule has 1 aromatic rings. The molecule has 1 saturated heterocycles. The molecule has 19 heavy (non-hydrogen) atoms. The van der Waals surface area contributed by atoms with Crippen molar-refractivity contribution in [3.05, 3.63) is 29.3 Å². The van der Waals surface area contributed by atoms with Crippen LogP contribution < -0.4 is 4.74 Å². The Labute approximate surface area is 112 Å². The molecular formula is C15H20F2O2. The summed E-state index contributed by atoms with van der Waals surface area (Å²) in [6.45, 7) is 7.17. The van der Waals surface area contributed by atoms with E-state index >= 15 is 0 Å². The van der Waals surface area contributed by atoms with Gasteiger partial charge in [0.2, 0.25) is 0 Å². The van der Waals surface area contributed by atoms with Crippen molar-refractivity contribution >= 4 is 0 Å². The molecule has 1 heterocycles. The van der Waals surface area contributed by atoms with Crippen LogP contribution in [0.25, 0.3) is 0 Å². The lowest BCUT2D eigenvalue weighted by Gasteiger charge is -2.22. The molecule has 2 rings (SSSR count). The average Bonchev–Trinajstić information content (AvgIpc) is 2.73. The van der Waals surface area contributed by atoms with Crippen molar-refractivity contribution in [1.82, 2.24) is 0 Å². The number of hydrogen-bond acceptors (Lipinski definition) is 2. The van der Waals surface area contributed by atoms with E-state index in [0.717, 1.165) is 12.5 Å². The Balaban J connectivity index is 2.28. The van der Waals surface area contributed by atoms with E-state index in [-0.39, 0.29) is 17.3 Å². The molecule has 1 aliphatic heterocycles. The molecule has 0 aliphatic carbocycles. The molecule has 0 unspecified atom stereocenters. The van der Waals surface area contributed by atoms with Crippen LogP contribution in [-0.4, -0.2) is 19.3 Å². The van der Waals surface area contributed by atoms with Gasteiger partial charge in [-0.1, -0.05) is 20.8 Å². The lowest BCUT2D eigenvalue weighted by atomic mass is 9.87. The first kappa shape index (κ1) is 14.3. The fourth-order valence-corrected chi connectivity index (χ4v) is 2.22. The molecule has 1 aromatic carbocycles. The van der Waals surface area contributed by atoms with Gasteiger partial charge in [-0.25, -0.2) is 8.78 Å². The summed E-state index contributed by atoms with van der Waals surface area (Å²) in [7, 11) is 0. The topological polar surface area (TPSA) is 18.5 Å². The van der Waals surface area contributed by atoms with Gasteiger partial charge in [0.1, 0.15) is 11.9 Å². The fourth-order valence-electron chi connectivity index (χ4n) is 2.22. The minimum absolute atomic E-state index is 0.0650. The van der Waals surface area contributed by atoms with Crippen LogP contribution in [0.2, 0.25) is 0 Å². The van der Waals surface area contributed by atoms with Crippen LogP contribution in [0.1, 0.15) is 32.8 Å². The molecule has 0 spiro atoms. The second-order valence-corrected chi connectivity index (χ2v) is 6.22. The predicted octanol–water partition coefficient (Wildman–Crippen LogP) is 3.72. The van der Waals surface area contributed by atoms with Crippen LogP contribution in [0, 0.1) is 17.0 Å². The van der Waals surface area contributed by atoms with E-state index in [2.05, 4.69) is 0 Å². The SMILES string of the molecule is CC(C)(C)Cc1cc(F)cc(F)c1O[C@H]1CCOC1. The lowest BCUT2D eigenvalue weighted by molar-refractivity contribution is 0.136. The minimum Gasteiger partial charge on any atom is -0.485 e. The molecule has 0 saturated carbocycles. The molecule has 0 radical (unpaired) electrons. The summed E-state index contributed by atoms with van der Waals surface area (Å²) in [6.07, 6.45) is 1.16. The third kappa shape index (κ3) is 3.90. The van der Waals surface area contributed by atoms with Crippen LogP contribution in [0.3, 0.4) is 0 Å². The Morgan fingerprint density at radius 3 is 2.63 bits per heavy atom. The Kier molecular flexibility index (Phi) is 4.09. The van der Waals surface area contributed by atoms with Gasteiger partial charge in [-0.05, 0) is 17.9 Å². The van der Waals surface area contributed by atoms with Crippen LogP contribution in [-0.2, 0) is 11.2 Å². The number of benzene rings is 1. The third-order valence-electron chi connectivity index (χ3n) is 2.98. The van der Waals surface area contributed by atoms with Crippen molar-refractivity contribution in [3.63, 3.8) is 0 Å². The number of halogens is 2. The Hall–Kier alpha value is -1.16. The highest BCUT2D eigenvalue weighted by Crippen LogP contribution is 2.32. The van der Waals surface area contributed by atoms with E-state index in [0.29, 0.717) is 25.2 Å². The van der Waals surface area contributed by atoms with Crippen molar-refractivity contribution in [2.75, 3.05) is 13.2 Å². The van der Waals surface area contributed by atoms with Crippen molar-refractivity contribution in [2.24, 2.45) is 5.41 Å². The van der Waals surface area contributed by atoms with Crippen LogP contribution in [0.4, 0.5) is 8.78 Å². The second-order valence-electron chi connectivity index (χ2n) is 6.22. The maximum Gasteiger partial charge on any atom is 0.168 e. The smallest absolute Gasteiger partial charge is 0.168 e. The largest absolute Gasteiger partial charge is 0.485 e. The molecule has 106 valence electrons. The van der Waals surface area contributed by atoms with E-state index in [9.17, 15) is 8.78 Å². The van der Waals surface area contributed by atoms with E-state index in [4.69, 9.17) is 9.47 Å². The van der Waals surface area contributed by atoms with E-state index in [1.165, 1.54) is 6.07 Å². The van der Waals surface area contributed by atoms with Crippen molar-refractivity contribution in [2.45, 2.75) is 39.7 Å². The molecule has 0 bridgehead atoms. The average molecular weight is 270 g/mol. The molecule has 4 heteroatoms. The van der Waals surface area contributed by atoms with Gasteiger partial charge >= 0.3 is 0 Å². The number of rotatable bonds is 3. The van der Waals surface area contributed by atoms with Gasteiger partial charge in [0.05, 0.1) is 13.2 Å². The third-order valence-corrected chi connectivity index (χ3v) is 2.98. The first-order valence-electron chi connectivity index (χ1n) is 6.57. The zero-order valence-electron chi connectivity index (χ0n) is 11.6. The quantitative estimate of drug-likeness (QED) is 0.833. The Morgan fingerprint density at radius 1 is 1.32 bits per heavy atom. The molecule has 2 nitrogen and oxygen atoms in total. The first-order valence-corrected chi connectivity index (χ1v) is 6.57. The zero-order valence-corrected chi connectivity index (χ0v) is 11.6. The molecule has 1 aliphatic rings. The summed E-state index contributed by atoms with van der Waals surface area (Å²) in [5.41, 5.74) is 0.516. The normalized spacial score (nSPS) is 19.7. The Bertz CT molecular complexity index is 446. The van der Waals surface area contributed by atoms with E-state index in [1.54, 1.807) is 0 Å². The monoisotopic (exact) mass is 270 g/mol. The van der Waals surface area contributed by atoms with Gasteiger partial charge < -0.3 is 9.47 Å². The van der Waals surface area contributed by atoms with Gasteiger partial charge in [-0.2, -0.15) is 0 Å². The molecular weight excluding hydrogens is 250 g/mol. The molecule has 0 N–H and O–H groups in total. The molecule has 0 amide bonds. The van der Waals surface area contributed by atoms with E-state index < -0.39 is 11.6 Å². The summed E-state index contributed by atoms with van der Waals surface area (Å²) in [4.78, 5) is 0. The second kappa shape index (κ2) is 5.45. The standard InChI is InChI=1S/C15H20F2O2/c1-15(2,3)8-10-6-11(16)7-13(17)14(10)19-12-4-5-18-9-12/h6-7,12H,4-5,8-9H2,1-3H3/t12-/m0/s1. The summed E-state index contributed by atoms with van der Waals surface area (Å²) in [5, 5.41) is 0. The van der Waals surface area contributed by atoms with Gasteiger partial charge in [-0.15, -0.1) is 0 Å². The lowest BCUT2D eigenvalue weighted by Crippen LogP contribution is -2.19. The van der Waals surface area contributed by atoms with Crippen molar-refractivity contribution < 1.29 is 18.3 Å². The van der Waals surface area contributed by atoms with Crippen molar-refractivity contribution in [3.8, 4) is 5.75 Å². The summed E-state index contributed by atoms with van der Waals surface area (Å²) < 4.78 is 38.2. The fraction of sp³-hybridized carbons (Fsp3) is 0.600. The van der Waals surface area contributed by atoms with E-state index in [1.807, 2.05) is 20.8 Å².